The fourth-order valence-electron chi connectivity index (χ4n) is 4.03. The quantitative estimate of drug-likeness (QED) is 0.631. The first-order chi connectivity index (χ1) is 15.1. The van der Waals surface area contributed by atoms with Gasteiger partial charge in [-0.25, -0.2) is 19.3 Å². The predicted octanol–water partition coefficient (Wildman–Crippen LogP) is 3.49. The van der Waals surface area contributed by atoms with Crippen LogP contribution in [0.5, 0.6) is 0 Å². The van der Waals surface area contributed by atoms with Crippen LogP contribution < -0.4 is 10.2 Å². The maximum atomic E-state index is 13.2. The molecule has 1 aliphatic rings. The number of nitrogens with zero attached hydrogens (tertiary/aromatic N) is 5. The van der Waals surface area contributed by atoms with E-state index in [1.54, 1.807) is 30.9 Å². The van der Waals surface area contributed by atoms with E-state index in [4.69, 9.17) is 4.98 Å². The minimum Gasteiger partial charge on any atom is -0.353 e. The molecule has 8 heteroatoms. The fraction of sp³-hybridized carbons (Fsp3) is 0.391. The summed E-state index contributed by atoms with van der Waals surface area (Å²) in [5.74, 6) is 1.28. The van der Waals surface area contributed by atoms with Gasteiger partial charge in [-0.1, -0.05) is 12.1 Å². The van der Waals surface area contributed by atoms with Crippen LogP contribution in [0, 0.1) is 5.82 Å². The summed E-state index contributed by atoms with van der Waals surface area (Å²) in [6, 6.07) is 8.06. The van der Waals surface area contributed by atoms with Crippen molar-refractivity contribution in [3.63, 3.8) is 0 Å². The van der Waals surface area contributed by atoms with Crippen molar-refractivity contribution in [3.05, 3.63) is 72.5 Å². The van der Waals surface area contributed by atoms with Crippen LogP contribution in [0.25, 0.3) is 0 Å². The van der Waals surface area contributed by atoms with E-state index in [0.29, 0.717) is 18.8 Å². The Labute approximate surface area is 181 Å². The van der Waals surface area contributed by atoms with E-state index in [1.165, 1.54) is 12.1 Å². The van der Waals surface area contributed by atoms with Crippen molar-refractivity contribution in [1.82, 2.24) is 24.8 Å². The molecule has 1 saturated heterocycles. The van der Waals surface area contributed by atoms with Gasteiger partial charge in [0.1, 0.15) is 17.5 Å². The second-order valence-electron chi connectivity index (χ2n) is 7.95. The SMILES string of the molecule is CC(NC(=O)CC1CCCCN1c1ccnc(Cn2ccnc2)n1)c1ccc(F)cc1. The van der Waals surface area contributed by atoms with Crippen molar-refractivity contribution < 1.29 is 9.18 Å². The van der Waals surface area contributed by atoms with Gasteiger partial charge in [0.2, 0.25) is 5.91 Å². The standard InChI is InChI=1S/C23H27FN6O/c1-17(18-5-7-19(24)8-6-18)27-23(31)14-20-4-2-3-12-30(20)22-9-10-26-21(28-22)15-29-13-11-25-16-29/h5-11,13,16-17,20H,2-4,12,14-15H2,1H3,(H,27,31). The van der Waals surface area contributed by atoms with Gasteiger partial charge in [0.05, 0.1) is 18.9 Å². The molecule has 1 aromatic carbocycles. The second-order valence-corrected chi connectivity index (χ2v) is 7.95. The van der Waals surface area contributed by atoms with Crippen LogP contribution in [0.4, 0.5) is 10.2 Å². The average molecular weight is 423 g/mol. The minimum absolute atomic E-state index is 0.0126. The minimum atomic E-state index is -0.280. The number of hydrogen-bond donors (Lipinski definition) is 1. The zero-order valence-electron chi connectivity index (χ0n) is 17.6. The zero-order chi connectivity index (χ0) is 21.6. The molecule has 0 radical (unpaired) electrons. The first kappa shape index (κ1) is 21.0. The Morgan fingerprint density at radius 1 is 1.23 bits per heavy atom. The Kier molecular flexibility index (Phi) is 6.54. The Bertz CT molecular complexity index is 992. The molecule has 3 aromatic rings. The summed E-state index contributed by atoms with van der Waals surface area (Å²) in [7, 11) is 0. The highest BCUT2D eigenvalue weighted by Crippen LogP contribution is 2.25. The maximum absolute atomic E-state index is 13.2. The highest BCUT2D eigenvalue weighted by Gasteiger charge is 2.26. The largest absolute Gasteiger partial charge is 0.353 e. The molecule has 1 N–H and O–H groups in total. The lowest BCUT2D eigenvalue weighted by molar-refractivity contribution is -0.122. The lowest BCUT2D eigenvalue weighted by atomic mass is 9.98. The normalized spacial score (nSPS) is 17.4. The molecular weight excluding hydrogens is 395 g/mol. The summed E-state index contributed by atoms with van der Waals surface area (Å²) in [4.78, 5) is 28.2. The number of aromatic nitrogens is 4. The first-order valence-electron chi connectivity index (χ1n) is 10.7. The summed E-state index contributed by atoms with van der Waals surface area (Å²) in [5, 5.41) is 3.04. The second kappa shape index (κ2) is 9.68. The molecule has 4 rings (SSSR count). The van der Waals surface area contributed by atoms with E-state index >= 15 is 0 Å². The molecule has 0 aliphatic carbocycles. The van der Waals surface area contributed by atoms with Crippen LogP contribution in [0.3, 0.4) is 0 Å². The van der Waals surface area contributed by atoms with Gasteiger partial charge in [-0.2, -0.15) is 0 Å². The van der Waals surface area contributed by atoms with E-state index < -0.39 is 0 Å². The Morgan fingerprint density at radius 2 is 2.06 bits per heavy atom. The monoisotopic (exact) mass is 422 g/mol. The number of carbonyl (C=O) groups excluding carboxylic acids is 1. The predicted molar refractivity (Wildman–Crippen MR) is 116 cm³/mol. The summed E-state index contributed by atoms with van der Waals surface area (Å²) < 4.78 is 15.1. The van der Waals surface area contributed by atoms with Crippen LogP contribution >= 0.6 is 0 Å². The van der Waals surface area contributed by atoms with Crippen LogP contribution in [-0.2, 0) is 11.3 Å². The van der Waals surface area contributed by atoms with Crippen LogP contribution in [-0.4, -0.2) is 38.0 Å². The summed E-state index contributed by atoms with van der Waals surface area (Å²) in [6.07, 6.45) is 10.6. The van der Waals surface area contributed by atoms with Crippen LogP contribution in [0.1, 0.15) is 50.0 Å². The third-order valence-electron chi connectivity index (χ3n) is 5.66. The smallest absolute Gasteiger partial charge is 0.222 e. The Hall–Kier alpha value is -3.29. The molecule has 0 spiro atoms. The number of anilines is 1. The van der Waals surface area contributed by atoms with Crippen molar-refractivity contribution >= 4 is 11.7 Å². The molecule has 2 aromatic heterocycles. The van der Waals surface area contributed by atoms with Gasteiger partial charge in [0, 0.05) is 37.6 Å². The van der Waals surface area contributed by atoms with E-state index in [0.717, 1.165) is 37.2 Å². The third kappa shape index (κ3) is 5.45. The Balaban J connectivity index is 1.41. The number of hydrogen-bond acceptors (Lipinski definition) is 5. The number of nitrogens with one attached hydrogen (secondary N) is 1. The number of rotatable bonds is 7. The third-order valence-corrected chi connectivity index (χ3v) is 5.66. The number of amides is 1. The summed E-state index contributed by atoms with van der Waals surface area (Å²) in [5.41, 5.74) is 0.884. The van der Waals surface area contributed by atoms with Gasteiger partial charge in [-0.15, -0.1) is 0 Å². The summed E-state index contributed by atoms with van der Waals surface area (Å²) in [6.45, 7) is 3.34. The van der Waals surface area contributed by atoms with Crippen molar-refractivity contribution in [2.75, 3.05) is 11.4 Å². The van der Waals surface area contributed by atoms with E-state index in [9.17, 15) is 9.18 Å². The molecule has 162 valence electrons. The molecule has 1 aliphatic heterocycles. The van der Waals surface area contributed by atoms with Gasteiger partial charge >= 0.3 is 0 Å². The highest BCUT2D eigenvalue weighted by atomic mass is 19.1. The molecule has 2 unspecified atom stereocenters. The lowest BCUT2D eigenvalue weighted by Gasteiger charge is -2.36. The van der Waals surface area contributed by atoms with Crippen molar-refractivity contribution in [2.45, 2.75) is 51.2 Å². The van der Waals surface area contributed by atoms with Gasteiger partial charge in [-0.3, -0.25) is 4.79 Å². The van der Waals surface area contributed by atoms with Crippen molar-refractivity contribution in [2.24, 2.45) is 0 Å². The number of carbonyl (C=O) groups is 1. The van der Waals surface area contributed by atoms with E-state index in [-0.39, 0.29) is 23.8 Å². The number of benzene rings is 1. The molecule has 1 amide bonds. The van der Waals surface area contributed by atoms with Crippen LogP contribution in [0.15, 0.2) is 55.2 Å². The lowest BCUT2D eigenvalue weighted by Crippen LogP contribution is -2.43. The van der Waals surface area contributed by atoms with Gasteiger partial charge in [0.25, 0.3) is 0 Å². The average Bonchev–Trinajstić information content (AvgIpc) is 3.28. The molecule has 31 heavy (non-hydrogen) atoms. The fourth-order valence-corrected chi connectivity index (χ4v) is 4.03. The molecule has 7 nitrogen and oxygen atoms in total. The molecule has 3 heterocycles. The van der Waals surface area contributed by atoms with Gasteiger partial charge < -0.3 is 14.8 Å². The topological polar surface area (TPSA) is 75.9 Å². The molecular formula is C23H27FN6O. The number of imidazole rings is 1. The highest BCUT2D eigenvalue weighted by molar-refractivity contribution is 5.77. The van der Waals surface area contributed by atoms with Crippen molar-refractivity contribution in [3.8, 4) is 0 Å². The molecule has 2 atom stereocenters. The molecule has 0 saturated carbocycles. The zero-order valence-corrected chi connectivity index (χ0v) is 17.6. The molecule has 0 bridgehead atoms. The Morgan fingerprint density at radius 3 is 2.84 bits per heavy atom. The summed E-state index contributed by atoms with van der Waals surface area (Å²) >= 11 is 0. The van der Waals surface area contributed by atoms with Gasteiger partial charge in [-0.05, 0) is 49.9 Å². The maximum Gasteiger partial charge on any atom is 0.222 e. The van der Waals surface area contributed by atoms with E-state index in [1.807, 2.05) is 23.8 Å². The first-order valence-corrected chi connectivity index (χ1v) is 10.7. The van der Waals surface area contributed by atoms with Crippen molar-refractivity contribution in [1.29, 1.82) is 0 Å². The number of piperidine rings is 1. The van der Waals surface area contributed by atoms with Crippen LogP contribution in [0.2, 0.25) is 0 Å². The van der Waals surface area contributed by atoms with Gasteiger partial charge in [0.15, 0.2) is 0 Å². The number of halogens is 1. The van der Waals surface area contributed by atoms with E-state index in [2.05, 4.69) is 20.2 Å². The molecule has 1 fully saturated rings.